The van der Waals surface area contributed by atoms with Crippen LogP contribution in [0.2, 0.25) is 0 Å². The van der Waals surface area contributed by atoms with E-state index >= 15 is 0 Å². The molecule has 2 fully saturated rings. The lowest BCUT2D eigenvalue weighted by Gasteiger charge is -2.20. The van der Waals surface area contributed by atoms with Crippen molar-refractivity contribution in [3.8, 4) is 5.75 Å². The molecule has 170 valence electrons. The number of carbonyl (C=O) groups excluding carboxylic acids is 2. The minimum absolute atomic E-state index is 0.0126. The quantitative estimate of drug-likeness (QED) is 0.275. The number of benzene rings is 1. The molecule has 4 aliphatic rings. The van der Waals surface area contributed by atoms with Crippen LogP contribution in [0.1, 0.15) is 42.9 Å². The van der Waals surface area contributed by atoms with E-state index in [1.54, 1.807) is 6.07 Å². The van der Waals surface area contributed by atoms with E-state index in [9.17, 15) is 14.7 Å². The number of aromatic hydroxyl groups is 1. The Labute approximate surface area is 189 Å². The fourth-order valence-corrected chi connectivity index (χ4v) is 6.04. The number of guanidine groups is 1. The Hall–Kier alpha value is -2.83. The molecule has 1 heterocycles. The van der Waals surface area contributed by atoms with Crippen LogP contribution in [0.15, 0.2) is 29.3 Å². The van der Waals surface area contributed by atoms with E-state index in [0.717, 1.165) is 31.2 Å². The second kappa shape index (κ2) is 8.60. The fourth-order valence-electron chi connectivity index (χ4n) is 6.04. The summed E-state index contributed by atoms with van der Waals surface area (Å²) in [7, 11) is 0. The topological polar surface area (TPSA) is 94.0 Å². The van der Waals surface area contributed by atoms with Gasteiger partial charge in [0.1, 0.15) is 5.75 Å². The van der Waals surface area contributed by atoms with Crippen LogP contribution < -0.4 is 10.6 Å². The maximum atomic E-state index is 12.8. The van der Waals surface area contributed by atoms with Crippen molar-refractivity contribution in [2.75, 3.05) is 19.6 Å². The molecular weight excluding hydrogens is 404 g/mol. The first kappa shape index (κ1) is 21.0. The van der Waals surface area contributed by atoms with Gasteiger partial charge in [-0.3, -0.25) is 14.5 Å². The molecule has 1 saturated carbocycles. The Morgan fingerprint density at radius 3 is 2.53 bits per heavy atom. The SMILES string of the molecule is CCNC(=NCc1c(O)ccc2c1CCCC2)NCCN1C(=O)C2C3C=CC(C3)C2C1=O. The van der Waals surface area contributed by atoms with E-state index in [1.807, 2.05) is 13.0 Å². The number of aryl methyl sites for hydroxylation is 1. The van der Waals surface area contributed by atoms with Crippen molar-refractivity contribution >= 4 is 17.8 Å². The second-order valence-electron chi connectivity index (χ2n) is 9.36. The smallest absolute Gasteiger partial charge is 0.233 e. The van der Waals surface area contributed by atoms with Crippen LogP contribution in [0.4, 0.5) is 0 Å². The number of hydrogen-bond acceptors (Lipinski definition) is 4. The molecule has 7 nitrogen and oxygen atoms in total. The Morgan fingerprint density at radius 1 is 1.09 bits per heavy atom. The van der Waals surface area contributed by atoms with Crippen molar-refractivity contribution in [1.82, 2.24) is 15.5 Å². The van der Waals surface area contributed by atoms with E-state index in [1.165, 1.54) is 22.4 Å². The van der Waals surface area contributed by atoms with Gasteiger partial charge in [-0.05, 0) is 68.1 Å². The van der Waals surface area contributed by atoms with Crippen molar-refractivity contribution in [2.45, 2.75) is 45.6 Å². The summed E-state index contributed by atoms with van der Waals surface area (Å²) in [5.41, 5.74) is 3.45. The molecule has 4 atom stereocenters. The van der Waals surface area contributed by atoms with Gasteiger partial charge in [-0.2, -0.15) is 0 Å². The monoisotopic (exact) mass is 436 g/mol. The van der Waals surface area contributed by atoms with Gasteiger partial charge >= 0.3 is 0 Å². The summed E-state index contributed by atoms with van der Waals surface area (Å²) in [6.07, 6.45) is 9.56. The molecule has 1 aliphatic heterocycles. The lowest BCUT2D eigenvalue weighted by Crippen LogP contribution is -2.43. The predicted molar refractivity (Wildman–Crippen MR) is 122 cm³/mol. The lowest BCUT2D eigenvalue weighted by molar-refractivity contribution is -0.140. The number of carbonyl (C=O) groups is 2. The van der Waals surface area contributed by atoms with E-state index in [2.05, 4.69) is 27.8 Å². The van der Waals surface area contributed by atoms with Crippen LogP contribution in [0, 0.1) is 23.7 Å². The van der Waals surface area contributed by atoms with Gasteiger partial charge in [-0.25, -0.2) is 4.99 Å². The van der Waals surface area contributed by atoms with E-state index in [4.69, 9.17) is 0 Å². The van der Waals surface area contributed by atoms with Crippen LogP contribution in [0.5, 0.6) is 5.75 Å². The van der Waals surface area contributed by atoms with Gasteiger partial charge in [0.25, 0.3) is 0 Å². The van der Waals surface area contributed by atoms with Crippen LogP contribution in [0.25, 0.3) is 0 Å². The van der Waals surface area contributed by atoms with Crippen molar-refractivity contribution in [3.05, 3.63) is 41.0 Å². The normalized spacial score (nSPS) is 28.3. The molecule has 3 aliphatic carbocycles. The maximum Gasteiger partial charge on any atom is 0.233 e. The summed E-state index contributed by atoms with van der Waals surface area (Å²) in [5, 5.41) is 16.9. The minimum atomic E-state index is -0.147. The minimum Gasteiger partial charge on any atom is -0.508 e. The highest BCUT2D eigenvalue weighted by atomic mass is 16.3. The van der Waals surface area contributed by atoms with Gasteiger partial charge in [-0.15, -0.1) is 0 Å². The molecule has 2 amide bonds. The number of rotatable bonds is 6. The molecule has 1 aromatic rings. The number of phenolic OH excluding ortho intramolecular Hbond substituents is 1. The number of nitrogens with one attached hydrogen (secondary N) is 2. The predicted octanol–water partition coefficient (Wildman–Crippen LogP) is 2.13. The standard InChI is InChI=1S/C25H32N4O3/c1-2-26-25(28-14-19-18-6-4-3-5-15(18)9-10-20(19)30)27-11-12-29-23(31)21-16-7-8-17(13-16)22(21)24(29)32/h7-10,16-17,21-22,30H,2-6,11-14H2,1H3,(H2,26,27,28). The molecule has 7 heteroatoms. The van der Waals surface area contributed by atoms with Gasteiger partial charge in [0.05, 0.1) is 18.4 Å². The molecule has 0 aromatic heterocycles. The first-order chi connectivity index (χ1) is 15.6. The Balaban J connectivity index is 1.22. The molecule has 1 saturated heterocycles. The molecule has 1 aromatic carbocycles. The third kappa shape index (κ3) is 3.57. The summed E-state index contributed by atoms with van der Waals surface area (Å²) in [6.45, 7) is 3.89. The van der Waals surface area contributed by atoms with Crippen LogP contribution >= 0.6 is 0 Å². The van der Waals surface area contributed by atoms with Crippen LogP contribution in [0.3, 0.4) is 0 Å². The van der Waals surface area contributed by atoms with Crippen molar-refractivity contribution in [3.63, 3.8) is 0 Å². The average molecular weight is 437 g/mol. The molecule has 5 rings (SSSR count). The number of amides is 2. The van der Waals surface area contributed by atoms with Gasteiger partial charge in [-0.1, -0.05) is 18.2 Å². The zero-order valence-electron chi connectivity index (χ0n) is 18.6. The zero-order chi connectivity index (χ0) is 22.2. The first-order valence-electron chi connectivity index (χ1n) is 12.0. The summed E-state index contributed by atoms with van der Waals surface area (Å²) < 4.78 is 0. The van der Waals surface area contributed by atoms with Crippen LogP contribution in [-0.2, 0) is 29.0 Å². The second-order valence-corrected chi connectivity index (χ2v) is 9.36. The highest BCUT2D eigenvalue weighted by Gasteiger charge is 2.58. The summed E-state index contributed by atoms with van der Waals surface area (Å²) in [5.74, 6) is 1.08. The van der Waals surface area contributed by atoms with E-state index in [0.29, 0.717) is 37.9 Å². The summed E-state index contributed by atoms with van der Waals surface area (Å²) in [4.78, 5) is 31.8. The van der Waals surface area contributed by atoms with Gasteiger partial charge in [0, 0.05) is 25.2 Å². The number of likely N-dealkylation sites (tertiary alicyclic amines) is 1. The number of aliphatic imine (C=N–C) groups is 1. The third-order valence-corrected chi connectivity index (χ3v) is 7.56. The summed E-state index contributed by atoms with van der Waals surface area (Å²) >= 11 is 0. The van der Waals surface area contributed by atoms with Crippen molar-refractivity contribution in [2.24, 2.45) is 28.7 Å². The zero-order valence-corrected chi connectivity index (χ0v) is 18.6. The largest absolute Gasteiger partial charge is 0.508 e. The molecular formula is C25H32N4O3. The number of imide groups is 1. The maximum absolute atomic E-state index is 12.8. The van der Waals surface area contributed by atoms with E-state index in [-0.39, 0.29) is 35.5 Å². The van der Waals surface area contributed by atoms with Crippen molar-refractivity contribution < 1.29 is 14.7 Å². The van der Waals surface area contributed by atoms with E-state index < -0.39 is 0 Å². The van der Waals surface area contributed by atoms with Gasteiger partial charge in [0.15, 0.2) is 5.96 Å². The lowest BCUT2D eigenvalue weighted by atomic mass is 9.85. The molecule has 0 spiro atoms. The highest BCUT2D eigenvalue weighted by Crippen LogP contribution is 2.52. The van der Waals surface area contributed by atoms with Gasteiger partial charge < -0.3 is 15.7 Å². The first-order valence-corrected chi connectivity index (χ1v) is 12.0. The molecule has 3 N–H and O–H groups in total. The van der Waals surface area contributed by atoms with Crippen molar-refractivity contribution in [1.29, 1.82) is 0 Å². The number of fused-ring (bicyclic) bond motifs is 6. The van der Waals surface area contributed by atoms with Gasteiger partial charge in [0.2, 0.25) is 11.8 Å². The Morgan fingerprint density at radius 2 is 1.81 bits per heavy atom. The Bertz CT molecular complexity index is 956. The number of nitrogens with zero attached hydrogens (tertiary/aromatic N) is 2. The molecule has 32 heavy (non-hydrogen) atoms. The Kier molecular flexibility index (Phi) is 5.66. The summed E-state index contributed by atoms with van der Waals surface area (Å²) in [6, 6.07) is 3.81. The number of allylic oxidation sites excluding steroid dienone is 2. The third-order valence-electron chi connectivity index (χ3n) is 7.56. The number of hydrogen-bond donors (Lipinski definition) is 3. The molecule has 0 radical (unpaired) electrons. The molecule has 2 bridgehead atoms. The average Bonchev–Trinajstić information content (AvgIpc) is 3.48. The number of phenols is 1. The molecule has 4 unspecified atom stereocenters. The highest BCUT2D eigenvalue weighted by molar-refractivity contribution is 6.06. The fraction of sp³-hybridized carbons (Fsp3) is 0.560. The van der Waals surface area contributed by atoms with Crippen LogP contribution in [-0.4, -0.2) is 47.4 Å².